The topological polar surface area (TPSA) is 67.6 Å². The molecule has 0 saturated carbocycles. The molecule has 1 aromatic carbocycles. The molecule has 1 atom stereocenters. The van der Waals surface area contributed by atoms with E-state index in [-0.39, 0.29) is 5.91 Å². The lowest BCUT2D eigenvalue weighted by atomic mass is 10.0. The fourth-order valence-corrected chi connectivity index (χ4v) is 2.72. The quantitative estimate of drug-likeness (QED) is 0.813. The van der Waals surface area contributed by atoms with Gasteiger partial charge in [0.1, 0.15) is 0 Å². The van der Waals surface area contributed by atoms with E-state index in [9.17, 15) is 4.79 Å². The van der Waals surface area contributed by atoms with Gasteiger partial charge in [-0.1, -0.05) is 0 Å². The molecule has 116 valence electrons. The molecule has 1 saturated heterocycles. The zero-order valence-corrected chi connectivity index (χ0v) is 12.9. The Labute approximate surface area is 126 Å². The second kappa shape index (κ2) is 7.43. The Kier molecular flexibility index (Phi) is 5.59. The molecule has 1 heterocycles. The third-order valence-corrected chi connectivity index (χ3v) is 3.76. The Balaban J connectivity index is 1.80. The molecule has 1 aromatic rings. The zero-order chi connectivity index (χ0) is 15.2. The lowest BCUT2D eigenvalue weighted by molar-refractivity contribution is -0.117. The number of aryl methyl sites for hydroxylation is 1. The van der Waals surface area contributed by atoms with Crippen molar-refractivity contribution in [3.63, 3.8) is 0 Å². The Morgan fingerprint density at radius 3 is 3.00 bits per heavy atom. The molecule has 0 bridgehead atoms. The Morgan fingerprint density at radius 2 is 2.33 bits per heavy atom. The molecule has 1 fully saturated rings. The van der Waals surface area contributed by atoms with Gasteiger partial charge in [-0.25, -0.2) is 0 Å². The summed E-state index contributed by atoms with van der Waals surface area (Å²) in [6, 6.07) is 5.50. The first-order valence-electron chi connectivity index (χ1n) is 7.47. The van der Waals surface area contributed by atoms with Crippen LogP contribution in [0.2, 0.25) is 0 Å². The van der Waals surface area contributed by atoms with E-state index >= 15 is 0 Å². The van der Waals surface area contributed by atoms with Crippen molar-refractivity contribution in [2.45, 2.75) is 19.8 Å². The average molecular weight is 291 g/mol. The number of benzene rings is 1. The number of amides is 1. The monoisotopic (exact) mass is 291 g/mol. The maximum absolute atomic E-state index is 12.1. The highest BCUT2D eigenvalue weighted by atomic mass is 16.5. The number of nitrogens with two attached hydrogens (primary N) is 1. The summed E-state index contributed by atoms with van der Waals surface area (Å²) in [5.41, 5.74) is 8.22. The number of hydrogen-bond donors (Lipinski definition) is 2. The summed E-state index contributed by atoms with van der Waals surface area (Å²) in [7, 11) is 1.98. The van der Waals surface area contributed by atoms with Crippen molar-refractivity contribution < 1.29 is 9.53 Å². The third-order valence-electron chi connectivity index (χ3n) is 3.76. The van der Waals surface area contributed by atoms with E-state index in [0.29, 0.717) is 18.2 Å². The molecule has 1 unspecified atom stereocenters. The molecule has 5 nitrogen and oxygen atoms in total. The van der Waals surface area contributed by atoms with Crippen LogP contribution in [0.4, 0.5) is 11.4 Å². The minimum atomic E-state index is 0.00194. The minimum Gasteiger partial charge on any atom is -0.399 e. The van der Waals surface area contributed by atoms with E-state index in [1.165, 1.54) is 6.42 Å². The summed E-state index contributed by atoms with van der Waals surface area (Å²) in [5.74, 6) is 0.539. The van der Waals surface area contributed by atoms with Crippen molar-refractivity contribution in [2.24, 2.45) is 5.92 Å². The van der Waals surface area contributed by atoms with Gasteiger partial charge in [-0.15, -0.1) is 0 Å². The van der Waals surface area contributed by atoms with Gasteiger partial charge in [-0.3, -0.25) is 9.69 Å². The van der Waals surface area contributed by atoms with Gasteiger partial charge < -0.3 is 15.8 Å². The molecule has 0 spiro atoms. The van der Waals surface area contributed by atoms with Gasteiger partial charge in [0.25, 0.3) is 0 Å². The van der Waals surface area contributed by atoms with E-state index in [1.807, 2.05) is 26.1 Å². The van der Waals surface area contributed by atoms with Gasteiger partial charge in [0.15, 0.2) is 0 Å². The van der Waals surface area contributed by atoms with Crippen molar-refractivity contribution >= 4 is 17.3 Å². The first-order valence-corrected chi connectivity index (χ1v) is 7.47. The van der Waals surface area contributed by atoms with Crippen LogP contribution in [0, 0.1) is 12.8 Å². The van der Waals surface area contributed by atoms with E-state index in [4.69, 9.17) is 10.5 Å². The second-order valence-electron chi connectivity index (χ2n) is 5.90. The van der Waals surface area contributed by atoms with E-state index in [2.05, 4.69) is 10.2 Å². The number of anilines is 2. The number of carbonyl (C=O) groups excluding carboxylic acids is 1. The van der Waals surface area contributed by atoms with Crippen LogP contribution in [0.1, 0.15) is 18.4 Å². The lowest BCUT2D eigenvalue weighted by Gasteiger charge is -2.26. The SMILES string of the molecule is Cc1cc(N)ccc1NC(=O)CN(C)CC1CCCOC1. The Morgan fingerprint density at radius 1 is 1.52 bits per heavy atom. The number of nitrogens with zero attached hydrogens (tertiary/aromatic N) is 1. The molecule has 0 aromatic heterocycles. The van der Waals surface area contributed by atoms with Crippen LogP contribution in [0.15, 0.2) is 18.2 Å². The normalized spacial score (nSPS) is 18.7. The molecule has 3 N–H and O–H groups in total. The number of nitrogens with one attached hydrogen (secondary N) is 1. The van der Waals surface area contributed by atoms with Crippen LogP contribution in [-0.4, -0.2) is 44.2 Å². The van der Waals surface area contributed by atoms with E-state index in [1.54, 1.807) is 6.07 Å². The fourth-order valence-electron chi connectivity index (χ4n) is 2.72. The molecule has 21 heavy (non-hydrogen) atoms. The zero-order valence-electron chi connectivity index (χ0n) is 12.9. The summed E-state index contributed by atoms with van der Waals surface area (Å²) in [5, 5.41) is 2.94. The number of carbonyl (C=O) groups is 1. The molecule has 1 aliphatic rings. The first kappa shape index (κ1) is 15.8. The molecule has 1 aliphatic heterocycles. The molecule has 0 aliphatic carbocycles. The van der Waals surface area contributed by atoms with Crippen LogP contribution in [0.5, 0.6) is 0 Å². The highest BCUT2D eigenvalue weighted by Gasteiger charge is 2.17. The number of likely N-dealkylation sites (N-methyl/N-ethyl adjacent to an activating group) is 1. The number of ether oxygens (including phenoxy) is 1. The molecule has 2 rings (SSSR count). The predicted octanol–water partition coefficient (Wildman–Crippen LogP) is 1.87. The van der Waals surface area contributed by atoms with Crippen molar-refractivity contribution in [3.8, 4) is 0 Å². The number of hydrogen-bond acceptors (Lipinski definition) is 4. The fraction of sp³-hybridized carbons (Fsp3) is 0.562. The van der Waals surface area contributed by atoms with Gasteiger partial charge in [-0.2, -0.15) is 0 Å². The standard InChI is InChI=1S/C16H25N3O2/c1-12-8-14(17)5-6-15(12)18-16(20)10-19(2)9-13-4-3-7-21-11-13/h5-6,8,13H,3-4,7,9-11,17H2,1-2H3,(H,18,20). The van der Waals surface area contributed by atoms with Gasteiger partial charge in [0.2, 0.25) is 5.91 Å². The second-order valence-corrected chi connectivity index (χ2v) is 5.90. The van der Waals surface area contributed by atoms with Crippen molar-refractivity contribution in [2.75, 3.05) is 44.4 Å². The minimum absolute atomic E-state index is 0.00194. The summed E-state index contributed by atoms with van der Waals surface area (Å²) in [4.78, 5) is 14.1. The van der Waals surface area contributed by atoms with Gasteiger partial charge in [-0.05, 0) is 56.5 Å². The molecule has 1 amide bonds. The molecule has 5 heteroatoms. The summed E-state index contributed by atoms with van der Waals surface area (Å²) >= 11 is 0. The predicted molar refractivity (Wildman–Crippen MR) is 85.3 cm³/mol. The van der Waals surface area contributed by atoms with Crippen LogP contribution >= 0.6 is 0 Å². The van der Waals surface area contributed by atoms with Crippen LogP contribution in [0.25, 0.3) is 0 Å². The Hall–Kier alpha value is -1.59. The Bertz CT molecular complexity index is 484. The van der Waals surface area contributed by atoms with Crippen LogP contribution < -0.4 is 11.1 Å². The van der Waals surface area contributed by atoms with Crippen molar-refractivity contribution in [1.82, 2.24) is 4.90 Å². The maximum atomic E-state index is 12.1. The van der Waals surface area contributed by atoms with Gasteiger partial charge in [0.05, 0.1) is 13.2 Å². The highest BCUT2D eigenvalue weighted by Crippen LogP contribution is 2.18. The van der Waals surface area contributed by atoms with Crippen molar-refractivity contribution in [3.05, 3.63) is 23.8 Å². The number of rotatable bonds is 5. The van der Waals surface area contributed by atoms with Gasteiger partial charge >= 0.3 is 0 Å². The van der Waals surface area contributed by atoms with Crippen molar-refractivity contribution in [1.29, 1.82) is 0 Å². The molecule has 0 radical (unpaired) electrons. The number of nitrogen functional groups attached to an aromatic ring is 1. The van der Waals surface area contributed by atoms with Gasteiger partial charge in [0, 0.05) is 24.5 Å². The summed E-state index contributed by atoms with van der Waals surface area (Å²) in [6.45, 7) is 4.91. The maximum Gasteiger partial charge on any atom is 0.238 e. The largest absolute Gasteiger partial charge is 0.399 e. The highest BCUT2D eigenvalue weighted by molar-refractivity contribution is 5.93. The average Bonchev–Trinajstić information content (AvgIpc) is 2.43. The van der Waals surface area contributed by atoms with E-state index in [0.717, 1.165) is 37.4 Å². The van der Waals surface area contributed by atoms with Crippen LogP contribution in [0.3, 0.4) is 0 Å². The van der Waals surface area contributed by atoms with E-state index < -0.39 is 0 Å². The lowest BCUT2D eigenvalue weighted by Crippen LogP contribution is -2.36. The molecular formula is C16H25N3O2. The third kappa shape index (κ3) is 5.02. The first-order chi connectivity index (χ1) is 10.0. The molecular weight excluding hydrogens is 266 g/mol. The summed E-state index contributed by atoms with van der Waals surface area (Å²) in [6.07, 6.45) is 2.30. The van der Waals surface area contributed by atoms with Crippen LogP contribution in [-0.2, 0) is 9.53 Å². The summed E-state index contributed by atoms with van der Waals surface area (Å²) < 4.78 is 5.47. The smallest absolute Gasteiger partial charge is 0.238 e.